The van der Waals surface area contributed by atoms with Crippen molar-refractivity contribution in [3.63, 3.8) is 0 Å². The Morgan fingerprint density at radius 3 is 2.32 bits per heavy atom. The molecule has 22 heavy (non-hydrogen) atoms. The first-order valence-corrected chi connectivity index (χ1v) is 7.02. The first-order chi connectivity index (χ1) is 10.4. The van der Waals surface area contributed by atoms with Crippen LogP contribution >= 0.6 is 0 Å². The number of rotatable bonds is 5. The lowest BCUT2D eigenvalue weighted by Crippen LogP contribution is -2.21. The SMILES string of the molecule is Cc1ccc(C(=O)c2ccc(CC(=O)ON(C)C)n2C)cc1. The van der Waals surface area contributed by atoms with Crippen molar-refractivity contribution in [3.8, 4) is 0 Å². The molecule has 0 saturated heterocycles. The van der Waals surface area contributed by atoms with Crippen LogP contribution in [0, 0.1) is 6.92 Å². The first-order valence-electron chi connectivity index (χ1n) is 7.02. The second kappa shape index (κ2) is 6.58. The minimum Gasteiger partial charge on any atom is -0.368 e. The third-order valence-electron chi connectivity index (χ3n) is 3.38. The molecule has 0 radical (unpaired) electrons. The molecule has 116 valence electrons. The highest BCUT2D eigenvalue weighted by Gasteiger charge is 2.17. The van der Waals surface area contributed by atoms with E-state index in [0.717, 1.165) is 11.3 Å². The summed E-state index contributed by atoms with van der Waals surface area (Å²) < 4.78 is 1.74. The first kappa shape index (κ1) is 16.0. The maximum atomic E-state index is 12.5. The van der Waals surface area contributed by atoms with Crippen molar-refractivity contribution in [2.75, 3.05) is 14.1 Å². The summed E-state index contributed by atoms with van der Waals surface area (Å²) in [4.78, 5) is 29.2. The Morgan fingerprint density at radius 1 is 1.09 bits per heavy atom. The maximum absolute atomic E-state index is 12.5. The number of hydrogen-bond donors (Lipinski definition) is 0. The average Bonchev–Trinajstić information content (AvgIpc) is 2.79. The van der Waals surface area contributed by atoms with Crippen LogP contribution in [0.1, 0.15) is 27.3 Å². The zero-order chi connectivity index (χ0) is 16.3. The summed E-state index contributed by atoms with van der Waals surface area (Å²) in [6, 6.07) is 10.9. The zero-order valence-corrected chi connectivity index (χ0v) is 13.3. The average molecular weight is 300 g/mol. The van der Waals surface area contributed by atoms with Crippen LogP contribution in [-0.2, 0) is 23.1 Å². The second-order valence-electron chi connectivity index (χ2n) is 5.42. The van der Waals surface area contributed by atoms with Gasteiger partial charge in [-0.05, 0) is 19.1 Å². The van der Waals surface area contributed by atoms with Gasteiger partial charge in [0.2, 0.25) is 5.78 Å². The molecule has 0 unspecified atom stereocenters. The van der Waals surface area contributed by atoms with Crippen molar-refractivity contribution < 1.29 is 14.4 Å². The summed E-state index contributed by atoms with van der Waals surface area (Å²) >= 11 is 0. The molecule has 0 aliphatic rings. The Kier molecular flexibility index (Phi) is 4.78. The van der Waals surface area contributed by atoms with Gasteiger partial charge in [0, 0.05) is 32.4 Å². The Hall–Kier alpha value is -2.40. The van der Waals surface area contributed by atoms with Crippen LogP contribution in [0.5, 0.6) is 0 Å². The van der Waals surface area contributed by atoms with Gasteiger partial charge in [-0.25, -0.2) is 4.79 Å². The van der Waals surface area contributed by atoms with Gasteiger partial charge in [0.25, 0.3) is 0 Å². The van der Waals surface area contributed by atoms with Crippen LogP contribution < -0.4 is 0 Å². The Bertz CT molecular complexity index is 684. The molecular weight excluding hydrogens is 280 g/mol. The third kappa shape index (κ3) is 3.62. The molecular formula is C17H20N2O3. The van der Waals surface area contributed by atoms with Gasteiger partial charge in [-0.15, -0.1) is 5.06 Å². The number of carbonyl (C=O) groups is 2. The van der Waals surface area contributed by atoms with E-state index in [1.54, 1.807) is 37.8 Å². The summed E-state index contributed by atoms with van der Waals surface area (Å²) in [7, 11) is 5.07. The van der Waals surface area contributed by atoms with Gasteiger partial charge in [-0.1, -0.05) is 29.8 Å². The molecule has 0 N–H and O–H groups in total. The largest absolute Gasteiger partial charge is 0.368 e. The fourth-order valence-electron chi connectivity index (χ4n) is 2.20. The molecule has 1 heterocycles. The standard InChI is InChI=1S/C17H20N2O3/c1-12-5-7-13(8-6-12)17(21)15-10-9-14(19(15)4)11-16(20)22-18(2)3/h5-10H,11H2,1-4H3. The molecule has 0 fully saturated rings. The fourth-order valence-corrected chi connectivity index (χ4v) is 2.20. The lowest BCUT2D eigenvalue weighted by atomic mass is 10.1. The van der Waals surface area contributed by atoms with Gasteiger partial charge < -0.3 is 9.40 Å². The van der Waals surface area contributed by atoms with Crippen molar-refractivity contribution in [1.82, 2.24) is 9.63 Å². The molecule has 0 aliphatic carbocycles. The third-order valence-corrected chi connectivity index (χ3v) is 3.38. The molecule has 5 nitrogen and oxygen atoms in total. The van der Waals surface area contributed by atoms with Crippen LogP contribution in [0.15, 0.2) is 36.4 Å². The van der Waals surface area contributed by atoms with E-state index in [2.05, 4.69) is 0 Å². The topological polar surface area (TPSA) is 51.5 Å². The van der Waals surface area contributed by atoms with Gasteiger partial charge in [0.1, 0.15) is 0 Å². The van der Waals surface area contributed by atoms with E-state index < -0.39 is 0 Å². The molecule has 1 aromatic heterocycles. The predicted octanol–water partition coefficient (Wildman–Crippen LogP) is 2.13. The molecule has 0 bridgehead atoms. The van der Waals surface area contributed by atoms with Crippen LogP contribution in [0.4, 0.5) is 0 Å². The summed E-state index contributed by atoms with van der Waals surface area (Å²) in [6.45, 7) is 1.98. The number of benzene rings is 1. The van der Waals surface area contributed by atoms with E-state index in [4.69, 9.17) is 4.84 Å². The molecule has 0 saturated carbocycles. The molecule has 2 aromatic rings. The summed E-state index contributed by atoms with van der Waals surface area (Å²) in [5.74, 6) is -0.421. The minimum absolute atomic E-state index is 0.0604. The highest BCUT2D eigenvalue weighted by atomic mass is 16.7. The zero-order valence-electron chi connectivity index (χ0n) is 13.3. The van der Waals surface area contributed by atoms with Crippen molar-refractivity contribution in [2.45, 2.75) is 13.3 Å². The van der Waals surface area contributed by atoms with Gasteiger partial charge >= 0.3 is 5.97 Å². The van der Waals surface area contributed by atoms with Crippen molar-refractivity contribution in [1.29, 1.82) is 0 Å². The molecule has 0 atom stereocenters. The fraction of sp³-hybridized carbons (Fsp3) is 0.294. The number of ketones is 1. The molecule has 5 heteroatoms. The summed E-state index contributed by atoms with van der Waals surface area (Å²) in [5, 5.41) is 1.35. The number of nitrogens with zero attached hydrogens (tertiary/aromatic N) is 2. The lowest BCUT2D eigenvalue weighted by Gasteiger charge is -2.11. The monoisotopic (exact) mass is 300 g/mol. The Morgan fingerprint density at radius 2 is 1.73 bits per heavy atom. The van der Waals surface area contributed by atoms with E-state index in [9.17, 15) is 9.59 Å². The molecule has 0 amide bonds. The molecule has 1 aromatic carbocycles. The number of carbonyl (C=O) groups excluding carboxylic acids is 2. The van der Waals surface area contributed by atoms with Crippen LogP contribution in [0.25, 0.3) is 0 Å². The Balaban J connectivity index is 2.18. The van der Waals surface area contributed by atoms with Crippen molar-refractivity contribution >= 4 is 11.8 Å². The number of aryl methyl sites for hydroxylation is 1. The minimum atomic E-state index is -0.361. The number of aromatic nitrogens is 1. The van der Waals surface area contributed by atoms with E-state index in [1.165, 1.54) is 5.06 Å². The highest BCUT2D eigenvalue weighted by molar-refractivity contribution is 6.08. The summed E-state index contributed by atoms with van der Waals surface area (Å²) in [6.07, 6.45) is 0.121. The number of hydrogen-bond acceptors (Lipinski definition) is 4. The Labute approximate surface area is 130 Å². The van der Waals surface area contributed by atoms with E-state index in [0.29, 0.717) is 11.3 Å². The maximum Gasteiger partial charge on any atom is 0.330 e. The van der Waals surface area contributed by atoms with E-state index >= 15 is 0 Å². The smallest absolute Gasteiger partial charge is 0.330 e. The number of hydroxylamine groups is 2. The van der Waals surface area contributed by atoms with E-state index in [1.807, 2.05) is 31.2 Å². The second-order valence-corrected chi connectivity index (χ2v) is 5.42. The van der Waals surface area contributed by atoms with Crippen LogP contribution in [0.2, 0.25) is 0 Å². The highest BCUT2D eigenvalue weighted by Crippen LogP contribution is 2.14. The summed E-state index contributed by atoms with van der Waals surface area (Å²) in [5.41, 5.74) is 3.03. The van der Waals surface area contributed by atoms with Gasteiger partial charge in [0.05, 0.1) is 12.1 Å². The van der Waals surface area contributed by atoms with E-state index in [-0.39, 0.29) is 18.2 Å². The molecule has 0 aliphatic heterocycles. The normalized spacial score (nSPS) is 10.8. The van der Waals surface area contributed by atoms with Crippen LogP contribution in [0.3, 0.4) is 0 Å². The molecule has 0 spiro atoms. The van der Waals surface area contributed by atoms with Gasteiger partial charge in [0.15, 0.2) is 0 Å². The quantitative estimate of drug-likeness (QED) is 0.627. The predicted molar refractivity (Wildman–Crippen MR) is 83.5 cm³/mol. The van der Waals surface area contributed by atoms with Crippen molar-refractivity contribution in [2.24, 2.45) is 7.05 Å². The molecule has 2 rings (SSSR count). The van der Waals surface area contributed by atoms with Gasteiger partial charge in [-0.3, -0.25) is 4.79 Å². The lowest BCUT2D eigenvalue weighted by molar-refractivity contribution is -0.177. The van der Waals surface area contributed by atoms with Crippen LogP contribution in [-0.4, -0.2) is 35.5 Å². The van der Waals surface area contributed by atoms with Crippen molar-refractivity contribution in [3.05, 3.63) is 58.9 Å². The van der Waals surface area contributed by atoms with Gasteiger partial charge in [-0.2, -0.15) is 0 Å².